The fourth-order valence-corrected chi connectivity index (χ4v) is 5.10. The van der Waals surface area contributed by atoms with E-state index in [0.29, 0.717) is 17.1 Å². The SMILES string of the molecule is COc1ccccc1N=C([O-])C(N=Nc1ccc(-c2nc3ccc(C)c(C[N+](C)(C)C)c3s2)cc1)C(C)=O.Cl. The van der Waals surface area contributed by atoms with Crippen molar-refractivity contribution < 1.29 is 19.1 Å². The van der Waals surface area contributed by atoms with E-state index in [2.05, 4.69) is 55.4 Å². The molecule has 10 heteroatoms. The molecule has 1 unspecified atom stereocenters. The average molecular weight is 566 g/mol. The van der Waals surface area contributed by atoms with Gasteiger partial charge in [-0.2, -0.15) is 10.2 Å². The van der Waals surface area contributed by atoms with E-state index in [0.717, 1.165) is 27.1 Å². The minimum atomic E-state index is -1.33. The van der Waals surface area contributed by atoms with Gasteiger partial charge in [0.2, 0.25) is 0 Å². The number of ketones is 1. The molecule has 0 aliphatic rings. The molecule has 4 rings (SSSR count). The van der Waals surface area contributed by atoms with Crippen molar-refractivity contribution in [2.45, 2.75) is 26.4 Å². The lowest BCUT2D eigenvalue weighted by Crippen LogP contribution is -2.35. The maximum Gasteiger partial charge on any atom is 0.161 e. The maximum atomic E-state index is 12.7. The Balaban J connectivity index is 0.00000420. The number of ether oxygens (including phenoxy) is 1. The molecule has 0 fully saturated rings. The summed E-state index contributed by atoms with van der Waals surface area (Å²) in [5.41, 5.74) is 5.40. The molecule has 1 aromatic heterocycles. The molecule has 0 N–H and O–H groups in total. The third-order valence-corrected chi connectivity index (χ3v) is 7.04. The number of carbonyl (C=O) groups excluding carboxylic acids is 1. The first-order valence-corrected chi connectivity index (χ1v) is 13.0. The van der Waals surface area contributed by atoms with Gasteiger partial charge in [-0.3, -0.25) is 9.79 Å². The Morgan fingerprint density at radius 2 is 1.77 bits per heavy atom. The molecule has 0 amide bonds. The molecule has 0 aliphatic heterocycles. The highest BCUT2D eigenvalue weighted by atomic mass is 35.5. The molecule has 204 valence electrons. The first-order valence-electron chi connectivity index (χ1n) is 12.2. The summed E-state index contributed by atoms with van der Waals surface area (Å²) < 4.78 is 7.27. The van der Waals surface area contributed by atoms with Crippen molar-refractivity contribution in [3.05, 3.63) is 71.8 Å². The van der Waals surface area contributed by atoms with Crippen LogP contribution >= 0.6 is 23.7 Å². The Bertz CT molecular complexity index is 1520. The van der Waals surface area contributed by atoms with E-state index < -0.39 is 17.7 Å². The Kier molecular flexibility index (Phi) is 9.55. The second kappa shape index (κ2) is 12.5. The number of thiazole rings is 1. The summed E-state index contributed by atoms with van der Waals surface area (Å²) in [5, 5.41) is 21.8. The van der Waals surface area contributed by atoms with Crippen LogP contribution in [0.3, 0.4) is 0 Å². The van der Waals surface area contributed by atoms with Gasteiger partial charge in [0.1, 0.15) is 23.0 Å². The predicted molar refractivity (Wildman–Crippen MR) is 158 cm³/mol. The van der Waals surface area contributed by atoms with Crippen molar-refractivity contribution in [1.82, 2.24) is 4.98 Å². The topological polar surface area (TPSA) is 99.3 Å². The van der Waals surface area contributed by atoms with E-state index in [-0.39, 0.29) is 12.4 Å². The number of methoxy groups -OCH3 is 1. The number of benzene rings is 3. The predicted octanol–water partition coefficient (Wildman–Crippen LogP) is 6.04. The van der Waals surface area contributed by atoms with Crippen LogP contribution in [-0.2, 0) is 11.3 Å². The van der Waals surface area contributed by atoms with Gasteiger partial charge in [0, 0.05) is 11.1 Å². The molecule has 0 saturated carbocycles. The second-order valence-electron chi connectivity index (χ2n) is 10.1. The van der Waals surface area contributed by atoms with Gasteiger partial charge in [-0.15, -0.1) is 23.7 Å². The van der Waals surface area contributed by atoms with Crippen LogP contribution in [0.2, 0.25) is 0 Å². The summed E-state index contributed by atoms with van der Waals surface area (Å²) in [6.45, 7) is 4.36. The Hall–Kier alpha value is -3.66. The summed E-state index contributed by atoms with van der Waals surface area (Å²) in [7, 11) is 8.04. The molecular formula is C29H32ClN5O3S. The average Bonchev–Trinajstić information content (AvgIpc) is 3.30. The number of fused-ring (bicyclic) bond motifs is 1. The number of aromatic nitrogens is 1. The largest absolute Gasteiger partial charge is 0.860 e. The van der Waals surface area contributed by atoms with Crippen LogP contribution in [0.1, 0.15) is 18.1 Å². The molecule has 0 bridgehead atoms. The van der Waals surface area contributed by atoms with Crippen molar-refractivity contribution in [3.8, 4) is 16.3 Å². The number of rotatable bonds is 9. The van der Waals surface area contributed by atoms with Crippen molar-refractivity contribution in [2.75, 3.05) is 28.3 Å². The van der Waals surface area contributed by atoms with E-state index >= 15 is 0 Å². The highest BCUT2D eigenvalue weighted by Crippen LogP contribution is 2.35. The van der Waals surface area contributed by atoms with Crippen LogP contribution in [0.5, 0.6) is 5.75 Å². The van der Waals surface area contributed by atoms with Crippen molar-refractivity contribution in [2.24, 2.45) is 15.2 Å². The standard InChI is InChI=1S/C29H31N5O3S.ClH/c1-18-11-16-24-27(22(18)17-34(3,4)5)38-29(31-24)20-12-14-21(15-13-20)32-33-26(19(2)35)28(36)30-23-9-7-8-10-25(23)37-6;/h7-16,26H,17H2,1-6H3;1H. The number of aliphatic imine (C=N–C) groups is 1. The summed E-state index contributed by atoms with van der Waals surface area (Å²) in [4.78, 5) is 21.0. The van der Waals surface area contributed by atoms with Crippen LogP contribution in [0.25, 0.3) is 20.8 Å². The first kappa shape index (κ1) is 29.9. The van der Waals surface area contributed by atoms with Crippen LogP contribution in [0.15, 0.2) is 75.9 Å². The third kappa shape index (κ3) is 7.26. The highest BCUT2D eigenvalue weighted by molar-refractivity contribution is 7.21. The molecule has 0 saturated heterocycles. The molecule has 3 aromatic carbocycles. The number of quaternary nitrogens is 1. The molecule has 8 nitrogen and oxygen atoms in total. The van der Waals surface area contributed by atoms with Crippen molar-refractivity contribution in [1.29, 1.82) is 0 Å². The van der Waals surface area contributed by atoms with Crippen LogP contribution in [-0.4, -0.2) is 55.4 Å². The van der Waals surface area contributed by atoms with Gasteiger partial charge in [0.15, 0.2) is 11.8 Å². The molecule has 1 heterocycles. The van der Waals surface area contributed by atoms with E-state index in [1.807, 2.05) is 12.1 Å². The Morgan fingerprint density at radius 3 is 2.41 bits per heavy atom. The number of azo groups is 1. The monoisotopic (exact) mass is 565 g/mol. The normalized spacial score (nSPS) is 12.9. The highest BCUT2D eigenvalue weighted by Gasteiger charge is 2.18. The molecule has 0 aliphatic carbocycles. The fraction of sp³-hybridized carbons (Fsp3) is 0.276. The fourth-order valence-electron chi connectivity index (χ4n) is 3.94. The van der Waals surface area contributed by atoms with Gasteiger partial charge in [-0.1, -0.05) is 18.2 Å². The summed E-state index contributed by atoms with van der Waals surface area (Å²) in [6.07, 6.45) is 0. The Morgan fingerprint density at radius 1 is 1.08 bits per heavy atom. The van der Waals surface area contributed by atoms with Gasteiger partial charge in [0.25, 0.3) is 0 Å². The summed E-state index contributed by atoms with van der Waals surface area (Å²) in [5.74, 6) is -0.703. The van der Waals surface area contributed by atoms with Gasteiger partial charge in [-0.25, -0.2) is 4.98 Å². The van der Waals surface area contributed by atoms with E-state index in [4.69, 9.17) is 9.72 Å². The van der Waals surface area contributed by atoms with E-state index in [9.17, 15) is 9.90 Å². The number of Topliss-reactive ketones (excluding diaryl/α,β-unsaturated/α-hetero) is 1. The number of para-hydroxylation sites is 2. The van der Waals surface area contributed by atoms with Gasteiger partial charge < -0.3 is 14.3 Å². The molecule has 0 spiro atoms. The van der Waals surface area contributed by atoms with Crippen LogP contribution in [0, 0.1) is 6.92 Å². The van der Waals surface area contributed by atoms with Crippen LogP contribution in [0.4, 0.5) is 11.4 Å². The maximum absolute atomic E-state index is 12.7. The van der Waals surface area contributed by atoms with Crippen molar-refractivity contribution in [3.63, 3.8) is 0 Å². The van der Waals surface area contributed by atoms with Crippen LogP contribution < -0.4 is 9.84 Å². The van der Waals surface area contributed by atoms with Gasteiger partial charge >= 0.3 is 0 Å². The number of hydrogen-bond acceptors (Lipinski definition) is 8. The van der Waals surface area contributed by atoms with Gasteiger partial charge in [0.05, 0.1) is 44.2 Å². The minimum Gasteiger partial charge on any atom is -0.860 e. The second-order valence-corrected chi connectivity index (χ2v) is 11.1. The van der Waals surface area contributed by atoms with E-state index in [1.54, 1.807) is 47.7 Å². The summed E-state index contributed by atoms with van der Waals surface area (Å²) >= 11 is 1.68. The zero-order valence-corrected chi connectivity index (χ0v) is 24.5. The molecule has 39 heavy (non-hydrogen) atoms. The number of hydrogen-bond donors (Lipinski definition) is 0. The zero-order chi connectivity index (χ0) is 27.4. The van der Waals surface area contributed by atoms with Crippen molar-refractivity contribution >= 4 is 57.0 Å². The lowest BCUT2D eigenvalue weighted by atomic mass is 10.1. The minimum absolute atomic E-state index is 0. The number of halogens is 1. The molecule has 1 atom stereocenters. The molecule has 0 radical (unpaired) electrons. The first-order chi connectivity index (χ1) is 18.1. The molecule has 4 aromatic rings. The number of aryl methyl sites for hydroxylation is 1. The lowest BCUT2D eigenvalue weighted by Gasteiger charge is -2.25. The lowest BCUT2D eigenvalue weighted by molar-refractivity contribution is -0.883. The quantitative estimate of drug-likeness (QED) is 0.107. The summed E-state index contributed by atoms with van der Waals surface area (Å²) in [6, 6.07) is 17.1. The van der Waals surface area contributed by atoms with Gasteiger partial charge in [-0.05, 0) is 67.8 Å². The molecular weight excluding hydrogens is 534 g/mol. The number of carbonyl (C=O) groups is 1. The number of nitrogens with zero attached hydrogens (tertiary/aromatic N) is 5. The smallest absolute Gasteiger partial charge is 0.161 e. The zero-order valence-electron chi connectivity index (χ0n) is 22.8. The Labute approximate surface area is 238 Å². The van der Waals surface area contributed by atoms with E-state index in [1.165, 1.54) is 29.9 Å². The third-order valence-electron chi connectivity index (χ3n) is 5.86.